The Morgan fingerprint density at radius 1 is 1.26 bits per heavy atom. The molecule has 0 fully saturated rings. The zero-order valence-electron chi connectivity index (χ0n) is 12.6. The Kier molecular flexibility index (Phi) is 8.10. The van der Waals surface area contributed by atoms with E-state index in [0.29, 0.717) is 17.5 Å². The van der Waals surface area contributed by atoms with Gasteiger partial charge in [0.2, 0.25) is 0 Å². The van der Waals surface area contributed by atoms with Crippen LogP contribution in [0.15, 0.2) is 22.7 Å². The van der Waals surface area contributed by atoms with E-state index < -0.39 is 18.5 Å². The molecule has 0 aliphatic rings. The summed E-state index contributed by atoms with van der Waals surface area (Å²) in [7, 11) is 0. The van der Waals surface area contributed by atoms with Crippen LogP contribution < -0.4 is 5.32 Å². The Morgan fingerprint density at radius 3 is 2.70 bits per heavy atom. The molecule has 1 rings (SSSR count). The standard InChI is InChI=1S/C15H18BrNO6/c1-2-22-14(20)4-3-7-17-13(19)9-23-15(21)11-8-10(16)5-6-12(11)18/h5-6,8,18H,2-4,7,9H2,1H3,(H,17,19). The van der Waals surface area contributed by atoms with E-state index >= 15 is 0 Å². The first-order chi connectivity index (χ1) is 10.9. The van der Waals surface area contributed by atoms with Crippen molar-refractivity contribution in [2.75, 3.05) is 19.8 Å². The highest BCUT2D eigenvalue weighted by Crippen LogP contribution is 2.22. The Morgan fingerprint density at radius 2 is 2.00 bits per heavy atom. The second-order valence-corrected chi connectivity index (χ2v) is 5.41. The van der Waals surface area contributed by atoms with Crippen LogP contribution in [-0.2, 0) is 19.1 Å². The highest BCUT2D eigenvalue weighted by molar-refractivity contribution is 9.10. The summed E-state index contributed by atoms with van der Waals surface area (Å²) >= 11 is 3.17. The number of carbonyl (C=O) groups is 3. The lowest BCUT2D eigenvalue weighted by atomic mass is 10.2. The fraction of sp³-hybridized carbons (Fsp3) is 0.400. The molecule has 0 aromatic heterocycles. The Bertz CT molecular complexity index is 575. The van der Waals surface area contributed by atoms with Gasteiger partial charge in [0, 0.05) is 17.4 Å². The van der Waals surface area contributed by atoms with Gasteiger partial charge in [0.05, 0.1) is 6.61 Å². The molecule has 1 aromatic rings. The molecule has 0 spiro atoms. The summed E-state index contributed by atoms with van der Waals surface area (Å²) < 4.78 is 10.2. The average Bonchev–Trinajstić information content (AvgIpc) is 2.52. The van der Waals surface area contributed by atoms with Gasteiger partial charge in [-0.2, -0.15) is 0 Å². The summed E-state index contributed by atoms with van der Waals surface area (Å²) in [6, 6.07) is 4.31. The predicted molar refractivity (Wildman–Crippen MR) is 85.0 cm³/mol. The van der Waals surface area contributed by atoms with Crippen molar-refractivity contribution in [3.05, 3.63) is 28.2 Å². The molecular weight excluding hydrogens is 370 g/mol. The number of amides is 1. The summed E-state index contributed by atoms with van der Waals surface area (Å²) in [6.45, 7) is 1.85. The first kappa shape index (κ1) is 19.0. The third-order valence-electron chi connectivity index (χ3n) is 2.70. The second-order valence-electron chi connectivity index (χ2n) is 4.50. The molecule has 0 heterocycles. The minimum atomic E-state index is -0.800. The zero-order chi connectivity index (χ0) is 17.2. The number of rotatable bonds is 8. The van der Waals surface area contributed by atoms with Crippen molar-refractivity contribution in [3.63, 3.8) is 0 Å². The maximum atomic E-state index is 11.8. The average molecular weight is 388 g/mol. The Labute approximate surface area is 142 Å². The molecule has 0 atom stereocenters. The molecule has 0 saturated heterocycles. The number of hydrogen-bond acceptors (Lipinski definition) is 6. The van der Waals surface area contributed by atoms with Crippen LogP contribution in [0.2, 0.25) is 0 Å². The minimum absolute atomic E-state index is 0.0329. The van der Waals surface area contributed by atoms with Gasteiger partial charge >= 0.3 is 11.9 Å². The number of hydrogen-bond donors (Lipinski definition) is 2. The maximum Gasteiger partial charge on any atom is 0.342 e. The van der Waals surface area contributed by atoms with Gasteiger partial charge in [0.1, 0.15) is 11.3 Å². The van der Waals surface area contributed by atoms with Crippen LogP contribution >= 0.6 is 15.9 Å². The number of phenols is 1. The summed E-state index contributed by atoms with van der Waals surface area (Å²) in [5.74, 6) is -1.84. The monoisotopic (exact) mass is 387 g/mol. The van der Waals surface area contributed by atoms with E-state index in [0.717, 1.165) is 0 Å². The molecule has 1 aromatic carbocycles. The quantitative estimate of drug-likeness (QED) is 0.520. The molecular formula is C15H18BrNO6. The van der Waals surface area contributed by atoms with Crippen LogP contribution in [0.3, 0.4) is 0 Å². The molecule has 7 nitrogen and oxygen atoms in total. The SMILES string of the molecule is CCOC(=O)CCCNC(=O)COC(=O)c1cc(Br)ccc1O. The van der Waals surface area contributed by atoms with Gasteiger partial charge in [-0.25, -0.2) is 4.79 Å². The molecule has 0 aliphatic carbocycles. The topological polar surface area (TPSA) is 102 Å². The predicted octanol–water partition coefficient (Wildman–Crippen LogP) is 1.77. The van der Waals surface area contributed by atoms with Gasteiger partial charge in [-0.15, -0.1) is 0 Å². The van der Waals surface area contributed by atoms with Crippen molar-refractivity contribution in [1.29, 1.82) is 0 Å². The first-order valence-electron chi connectivity index (χ1n) is 7.02. The van der Waals surface area contributed by atoms with Crippen molar-refractivity contribution in [2.45, 2.75) is 19.8 Å². The number of halogens is 1. The van der Waals surface area contributed by atoms with Crippen molar-refractivity contribution in [2.24, 2.45) is 0 Å². The fourth-order valence-electron chi connectivity index (χ4n) is 1.63. The summed E-state index contributed by atoms with van der Waals surface area (Å²) in [5.41, 5.74) is -0.0329. The number of phenolic OH excluding ortho intramolecular Hbond substituents is 1. The Balaban J connectivity index is 2.29. The third kappa shape index (κ3) is 7.14. The van der Waals surface area contributed by atoms with E-state index in [1.807, 2.05) is 0 Å². The number of ether oxygens (including phenoxy) is 2. The van der Waals surface area contributed by atoms with E-state index in [9.17, 15) is 19.5 Å². The molecule has 8 heteroatoms. The third-order valence-corrected chi connectivity index (χ3v) is 3.19. The van der Waals surface area contributed by atoms with Crippen LogP contribution in [-0.4, -0.2) is 42.7 Å². The van der Waals surface area contributed by atoms with Crippen LogP contribution in [0, 0.1) is 0 Å². The maximum absolute atomic E-state index is 11.8. The zero-order valence-corrected chi connectivity index (χ0v) is 14.2. The summed E-state index contributed by atoms with van der Waals surface area (Å²) in [4.78, 5) is 34.4. The first-order valence-corrected chi connectivity index (χ1v) is 7.81. The van der Waals surface area contributed by atoms with Gasteiger partial charge < -0.3 is 19.9 Å². The normalized spacial score (nSPS) is 10.0. The smallest absolute Gasteiger partial charge is 0.342 e. The lowest BCUT2D eigenvalue weighted by Crippen LogP contribution is -2.30. The van der Waals surface area contributed by atoms with E-state index in [2.05, 4.69) is 21.2 Å². The molecule has 0 bridgehead atoms. The lowest BCUT2D eigenvalue weighted by Gasteiger charge is -2.08. The number of aromatic hydroxyl groups is 1. The molecule has 2 N–H and O–H groups in total. The van der Waals surface area contributed by atoms with E-state index in [1.54, 1.807) is 13.0 Å². The highest BCUT2D eigenvalue weighted by atomic mass is 79.9. The molecule has 0 radical (unpaired) electrons. The minimum Gasteiger partial charge on any atom is -0.507 e. The van der Waals surface area contributed by atoms with Gasteiger partial charge in [-0.3, -0.25) is 9.59 Å². The van der Waals surface area contributed by atoms with Gasteiger partial charge in [0.25, 0.3) is 5.91 Å². The van der Waals surface area contributed by atoms with Crippen LogP contribution in [0.4, 0.5) is 0 Å². The fourth-order valence-corrected chi connectivity index (χ4v) is 1.99. The Hall–Kier alpha value is -2.09. The number of carbonyl (C=O) groups excluding carboxylic acids is 3. The molecule has 0 saturated carbocycles. The van der Waals surface area contributed by atoms with E-state index in [1.165, 1.54) is 12.1 Å². The number of nitrogens with one attached hydrogen (secondary N) is 1. The molecule has 126 valence electrons. The van der Waals surface area contributed by atoms with Crippen LogP contribution in [0.5, 0.6) is 5.75 Å². The molecule has 23 heavy (non-hydrogen) atoms. The second kappa shape index (κ2) is 9.83. The van der Waals surface area contributed by atoms with Crippen LogP contribution in [0.1, 0.15) is 30.1 Å². The van der Waals surface area contributed by atoms with Crippen molar-refractivity contribution < 1.29 is 29.0 Å². The number of esters is 2. The van der Waals surface area contributed by atoms with E-state index in [-0.39, 0.29) is 30.2 Å². The van der Waals surface area contributed by atoms with Gasteiger partial charge in [-0.1, -0.05) is 15.9 Å². The largest absolute Gasteiger partial charge is 0.507 e. The van der Waals surface area contributed by atoms with E-state index in [4.69, 9.17) is 9.47 Å². The highest BCUT2D eigenvalue weighted by Gasteiger charge is 2.14. The van der Waals surface area contributed by atoms with Crippen molar-refractivity contribution >= 4 is 33.8 Å². The summed E-state index contributed by atoms with van der Waals surface area (Å²) in [6.07, 6.45) is 0.644. The van der Waals surface area contributed by atoms with Gasteiger partial charge in [0.15, 0.2) is 6.61 Å². The lowest BCUT2D eigenvalue weighted by molar-refractivity contribution is -0.143. The van der Waals surface area contributed by atoms with Gasteiger partial charge in [-0.05, 0) is 31.5 Å². The number of benzene rings is 1. The molecule has 0 aliphatic heterocycles. The van der Waals surface area contributed by atoms with Crippen molar-refractivity contribution in [1.82, 2.24) is 5.32 Å². The van der Waals surface area contributed by atoms with Crippen LogP contribution in [0.25, 0.3) is 0 Å². The molecule has 1 amide bonds. The summed E-state index contributed by atoms with van der Waals surface area (Å²) in [5, 5.41) is 12.1. The molecule has 0 unspecified atom stereocenters. The van der Waals surface area contributed by atoms with Crippen molar-refractivity contribution in [3.8, 4) is 5.75 Å².